The van der Waals surface area contributed by atoms with Crippen LogP contribution in [-0.4, -0.2) is 34.5 Å². The van der Waals surface area contributed by atoms with E-state index in [0.29, 0.717) is 24.3 Å². The lowest BCUT2D eigenvalue weighted by molar-refractivity contribution is 0.163. The molecule has 0 bridgehead atoms. The summed E-state index contributed by atoms with van der Waals surface area (Å²) in [4.78, 5) is 0. The van der Waals surface area contributed by atoms with Crippen LogP contribution in [0.5, 0.6) is 11.5 Å². The molecule has 0 saturated heterocycles. The summed E-state index contributed by atoms with van der Waals surface area (Å²) >= 11 is 0. The normalized spacial score (nSPS) is 13.5. The first-order valence-corrected chi connectivity index (χ1v) is 7.62. The van der Waals surface area contributed by atoms with E-state index in [1.807, 2.05) is 37.3 Å². The Hall–Kier alpha value is -2.08. The average Bonchev–Trinajstić information content (AvgIpc) is 2.59. The van der Waals surface area contributed by atoms with Gasteiger partial charge in [0.15, 0.2) is 0 Å². The zero-order valence-electron chi connectivity index (χ0n) is 13.1. The van der Waals surface area contributed by atoms with E-state index in [1.54, 1.807) is 12.1 Å². The maximum absolute atomic E-state index is 10.2. The molecule has 23 heavy (non-hydrogen) atoms. The summed E-state index contributed by atoms with van der Waals surface area (Å²) in [7, 11) is 0. The predicted molar refractivity (Wildman–Crippen MR) is 88.4 cm³/mol. The largest absolute Gasteiger partial charge is 0.508 e. The smallest absolute Gasteiger partial charge is 0.121 e. The second-order valence-corrected chi connectivity index (χ2v) is 5.50. The molecule has 0 saturated carbocycles. The fourth-order valence-corrected chi connectivity index (χ4v) is 2.17. The standard InChI is InChI=1S/C18H23NO4/c1-13(12-23-16-5-3-2-4-6-16)19-10-18(22)14-7-8-17(21)15(9-14)11-20/h2-9,13,18-22H,10-12H2,1H3/t13-,18+/m0/s1. The third-order valence-corrected chi connectivity index (χ3v) is 3.56. The van der Waals surface area contributed by atoms with Gasteiger partial charge in [0.2, 0.25) is 0 Å². The van der Waals surface area contributed by atoms with Crippen LogP contribution in [0.15, 0.2) is 48.5 Å². The van der Waals surface area contributed by atoms with Crippen LogP contribution < -0.4 is 10.1 Å². The summed E-state index contributed by atoms with van der Waals surface area (Å²) < 4.78 is 5.65. The van der Waals surface area contributed by atoms with Crippen molar-refractivity contribution in [3.05, 3.63) is 59.7 Å². The molecule has 0 aromatic heterocycles. The zero-order chi connectivity index (χ0) is 16.7. The Kier molecular flexibility index (Phi) is 6.40. The number of ether oxygens (including phenoxy) is 1. The second kappa shape index (κ2) is 8.53. The lowest BCUT2D eigenvalue weighted by Gasteiger charge is -2.18. The third-order valence-electron chi connectivity index (χ3n) is 3.56. The van der Waals surface area contributed by atoms with Gasteiger partial charge in [0.25, 0.3) is 0 Å². The molecule has 2 atom stereocenters. The van der Waals surface area contributed by atoms with Crippen molar-refractivity contribution in [3.8, 4) is 11.5 Å². The lowest BCUT2D eigenvalue weighted by atomic mass is 10.1. The van der Waals surface area contributed by atoms with Gasteiger partial charge < -0.3 is 25.4 Å². The third kappa shape index (κ3) is 5.25. The van der Waals surface area contributed by atoms with Gasteiger partial charge in [0, 0.05) is 18.2 Å². The molecule has 0 aliphatic heterocycles. The molecule has 2 aromatic carbocycles. The monoisotopic (exact) mass is 317 g/mol. The van der Waals surface area contributed by atoms with Crippen molar-refractivity contribution in [1.82, 2.24) is 5.32 Å². The summed E-state index contributed by atoms with van der Waals surface area (Å²) in [6.07, 6.45) is -0.722. The van der Waals surface area contributed by atoms with Crippen molar-refractivity contribution < 1.29 is 20.1 Å². The van der Waals surface area contributed by atoms with E-state index in [4.69, 9.17) is 9.84 Å². The van der Waals surface area contributed by atoms with Gasteiger partial charge >= 0.3 is 0 Å². The van der Waals surface area contributed by atoms with Gasteiger partial charge in [-0.1, -0.05) is 24.3 Å². The Morgan fingerprint density at radius 3 is 2.57 bits per heavy atom. The number of rotatable bonds is 8. The Balaban J connectivity index is 1.80. The van der Waals surface area contributed by atoms with E-state index in [0.717, 1.165) is 5.75 Å². The molecule has 0 fully saturated rings. The van der Waals surface area contributed by atoms with Crippen LogP contribution in [0.2, 0.25) is 0 Å². The van der Waals surface area contributed by atoms with Crippen molar-refractivity contribution in [2.75, 3.05) is 13.2 Å². The summed E-state index contributed by atoms with van der Waals surface area (Å²) in [5.74, 6) is 0.842. The molecule has 2 rings (SSSR count). The van der Waals surface area contributed by atoms with E-state index in [1.165, 1.54) is 6.07 Å². The molecule has 124 valence electrons. The highest BCUT2D eigenvalue weighted by molar-refractivity contribution is 5.36. The minimum Gasteiger partial charge on any atom is -0.508 e. The van der Waals surface area contributed by atoms with E-state index >= 15 is 0 Å². The van der Waals surface area contributed by atoms with Gasteiger partial charge in [-0.05, 0) is 36.8 Å². The second-order valence-electron chi connectivity index (χ2n) is 5.50. The molecule has 5 heteroatoms. The highest BCUT2D eigenvalue weighted by Gasteiger charge is 2.12. The summed E-state index contributed by atoms with van der Waals surface area (Å²) in [6.45, 7) is 2.57. The number of nitrogens with one attached hydrogen (secondary N) is 1. The molecule has 0 unspecified atom stereocenters. The van der Waals surface area contributed by atoms with Crippen LogP contribution in [0.25, 0.3) is 0 Å². The molecular weight excluding hydrogens is 294 g/mol. The predicted octanol–water partition coefficient (Wildman–Crippen LogP) is 1.97. The molecule has 0 heterocycles. The molecule has 4 N–H and O–H groups in total. The Morgan fingerprint density at radius 1 is 1.13 bits per heavy atom. The highest BCUT2D eigenvalue weighted by atomic mass is 16.5. The number of hydrogen-bond acceptors (Lipinski definition) is 5. The van der Waals surface area contributed by atoms with Gasteiger partial charge in [0.1, 0.15) is 18.1 Å². The number of hydrogen-bond donors (Lipinski definition) is 4. The number of aromatic hydroxyl groups is 1. The van der Waals surface area contributed by atoms with Crippen LogP contribution in [0.3, 0.4) is 0 Å². The van der Waals surface area contributed by atoms with Gasteiger partial charge in [-0.3, -0.25) is 0 Å². The van der Waals surface area contributed by atoms with Crippen molar-refractivity contribution >= 4 is 0 Å². The highest BCUT2D eigenvalue weighted by Crippen LogP contribution is 2.22. The molecule has 5 nitrogen and oxygen atoms in total. The van der Waals surface area contributed by atoms with Gasteiger partial charge in [-0.15, -0.1) is 0 Å². The summed E-state index contributed by atoms with van der Waals surface area (Å²) in [5.41, 5.74) is 1.05. The first kappa shape index (κ1) is 17.3. The van der Waals surface area contributed by atoms with Gasteiger partial charge in [0.05, 0.1) is 12.7 Å². The Morgan fingerprint density at radius 2 is 1.87 bits per heavy atom. The van der Waals surface area contributed by atoms with E-state index < -0.39 is 6.10 Å². The molecule has 0 aliphatic rings. The maximum Gasteiger partial charge on any atom is 0.121 e. The molecule has 0 spiro atoms. The zero-order valence-corrected chi connectivity index (χ0v) is 13.1. The van der Waals surface area contributed by atoms with Crippen LogP contribution >= 0.6 is 0 Å². The number of aliphatic hydroxyl groups is 2. The Labute approximate surface area is 136 Å². The first-order valence-electron chi connectivity index (χ1n) is 7.62. The number of aliphatic hydroxyl groups excluding tert-OH is 2. The van der Waals surface area contributed by atoms with Gasteiger partial charge in [-0.25, -0.2) is 0 Å². The Bertz CT molecular complexity index is 603. The minimum atomic E-state index is -0.722. The van der Waals surface area contributed by atoms with Crippen LogP contribution in [0.1, 0.15) is 24.2 Å². The average molecular weight is 317 g/mol. The van der Waals surface area contributed by atoms with E-state index in [9.17, 15) is 10.2 Å². The van der Waals surface area contributed by atoms with E-state index in [-0.39, 0.29) is 18.4 Å². The van der Waals surface area contributed by atoms with E-state index in [2.05, 4.69) is 5.32 Å². The quantitative estimate of drug-likeness (QED) is 0.598. The topological polar surface area (TPSA) is 82.0 Å². The molecule has 0 aliphatic carbocycles. The van der Waals surface area contributed by atoms with Crippen molar-refractivity contribution in [2.45, 2.75) is 25.7 Å². The number of phenols is 1. The summed E-state index contributed by atoms with van der Waals surface area (Å²) in [5, 5.41) is 32.1. The summed E-state index contributed by atoms with van der Waals surface area (Å²) in [6, 6.07) is 14.4. The van der Waals surface area contributed by atoms with Crippen molar-refractivity contribution in [2.24, 2.45) is 0 Å². The fraction of sp³-hybridized carbons (Fsp3) is 0.333. The lowest BCUT2D eigenvalue weighted by Crippen LogP contribution is -2.34. The molecule has 0 amide bonds. The van der Waals surface area contributed by atoms with Gasteiger partial charge in [-0.2, -0.15) is 0 Å². The first-order chi connectivity index (χ1) is 11.1. The van der Waals surface area contributed by atoms with Crippen molar-refractivity contribution in [1.29, 1.82) is 0 Å². The van der Waals surface area contributed by atoms with Crippen LogP contribution in [0, 0.1) is 0 Å². The maximum atomic E-state index is 10.2. The molecule has 0 radical (unpaired) electrons. The van der Waals surface area contributed by atoms with Crippen LogP contribution in [-0.2, 0) is 6.61 Å². The van der Waals surface area contributed by atoms with Crippen molar-refractivity contribution in [3.63, 3.8) is 0 Å². The minimum absolute atomic E-state index is 0.0287. The molecule has 2 aromatic rings. The fourth-order valence-electron chi connectivity index (χ4n) is 2.17. The molecular formula is C18H23NO4. The van der Waals surface area contributed by atoms with Crippen LogP contribution in [0.4, 0.5) is 0 Å². The number of benzene rings is 2. The number of para-hydroxylation sites is 1. The SMILES string of the molecule is C[C@@H](COc1ccccc1)NC[C@@H](O)c1ccc(O)c(CO)c1.